The monoisotopic (exact) mass is 293 g/mol. The van der Waals surface area contributed by atoms with Crippen LogP contribution in [0.3, 0.4) is 0 Å². The summed E-state index contributed by atoms with van der Waals surface area (Å²) in [4.78, 5) is 0. The Morgan fingerprint density at radius 2 is 0.750 bits per heavy atom. The summed E-state index contributed by atoms with van der Waals surface area (Å²) in [6.45, 7) is 0. The van der Waals surface area contributed by atoms with Gasteiger partial charge in [0.2, 0.25) is 0 Å². The van der Waals surface area contributed by atoms with Gasteiger partial charge in [0, 0.05) is 0 Å². The average molecular weight is 296 g/mol. The van der Waals surface area contributed by atoms with Gasteiger partial charge in [-0.15, -0.1) is 17.0 Å². The second kappa shape index (κ2) is 20.3. The Hall–Kier alpha value is 1.96. The molecule has 0 rings (SSSR count). The van der Waals surface area contributed by atoms with E-state index in [0.717, 1.165) is 0 Å². The normalized spacial score (nSPS) is 0. The molecule has 0 aromatic carbocycles. The predicted molar refractivity (Wildman–Crippen MR) is 10.3 cm³/mol. The molecule has 0 saturated carbocycles. The summed E-state index contributed by atoms with van der Waals surface area (Å²) in [6, 6.07) is 0. The Morgan fingerprint density at radius 1 is 0.750 bits per heavy atom. The van der Waals surface area contributed by atoms with Crippen molar-refractivity contribution >= 4 is 17.0 Å². The van der Waals surface area contributed by atoms with Gasteiger partial charge in [-0.3, -0.25) is 0 Å². The zero-order chi connectivity index (χ0) is 0. The maximum atomic E-state index is 0. The van der Waals surface area contributed by atoms with Crippen LogP contribution in [0.1, 0.15) is 0 Å². The topological polar surface area (TPSA) is 0 Å². The zero-order valence-corrected chi connectivity index (χ0v) is 7.61. The predicted octanol–water partition coefficient (Wildman–Crippen LogP) is -5.42. The van der Waals surface area contributed by atoms with Crippen molar-refractivity contribution in [2.75, 3.05) is 0 Å². The summed E-state index contributed by atoms with van der Waals surface area (Å²) < 4.78 is 0. The van der Waals surface area contributed by atoms with Crippen LogP contribution in [0.25, 0.3) is 0 Å². The SMILES string of the molecule is Br.[Br-].[Br-].[Mn+2]. The van der Waals surface area contributed by atoms with E-state index in [9.17, 15) is 0 Å². The van der Waals surface area contributed by atoms with E-state index < -0.39 is 0 Å². The minimum absolute atomic E-state index is 0. The van der Waals surface area contributed by atoms with Crippen LogP contribution >= 0.6 is 17.0 Å². The molecule has 1 radical (unpaired) electrons. The van der Waals surface area contributed by atoms with E-state index in [2.05, 4.69) is 0 Å². The molecular formula is HBr3Mn. The van der Waals surface area contributed by atoms with Gasteiger partial charge in [-0.05, 0) is 0 Å². The van der Waals surface area contributed by atoms with Gasteiger partial charge in [-0.2, -0.15) is 0 Å². The van der Waals surface area contributed by atoms with E-state index in [4.69, 9.17) is 0 Å². The molecule has 4 heteroatoms. The first kappa shape index (κ1) is 38.2. The Kier molecular flexibility index (Phi) is 193. The molecule has 29 valence electrons. The van der Waals surface area contributed by atoms with E-state index in [1.807, 2.05) is 0 Å². The molecular weight excluding hydrogens is 295 g/mol. The van der Waals surface area contributed by atoms with E-state index in [1.165, 1.54) is 0 Å². The fraction of sp³-hybridized carbons (Fsp3) is 0. The van der Waals surface area contributed by atoms with Crippen molar-refractivity contribution in [3.05, 3.63) is 0 Å². The van der Waals surface area contributed by atoms with E-state index >= 15 is 0 Å². The molecule has 0 spiro atoms. The van der Waals surface area contributed by atoms with Crippen molar-refractivity contribution in [1.29, 1.82) is 0 Å². The molecule has 0 unspecified atom stereocenters. The van der Waals surface area contributed by atoms with Gasteiger partial charge in [0.05, 0.1) is 0 Å². The van der Waals surface area contributed by atoms with Crippen LogP contribution in [0.4, 0.5) is 0 Å². The van der Waals surface area contributed by atoms with Crippen LogP contribution in [-0.2, 0) is 17.1 Å². The van der Waals surface area contributed by atoms with Crippen LogP contribution in [0, 0.1) is 0 Å². The van der Waals surface area contributed by atoms with Crippen molar-refractivity contribution in [2.24, 2.45) is 0 Å². The van der Waals surface area contributed by atoms with Crippen molar-refractivity contribution in [1.82, 2.24) is 0 Å². The molecule has 0 aliphatic carbocycles. The standard InChI is InChI=1S/3BrH.Mn/h3*1H;/q;;;+2/p-2. The third-order valence-corrected chi connectivity index (χ3v) is 0. The Bertz CT molecular complexity index is 3.25. The van der Waals surface area contributed by atoms with Gasteiger partial charge in [0.15, 0.2) is 0 Å². The minimum atomic E-state index is 0. The molecule has 0 N–H and O–H groups in total. The zero-order valence-electron chi connectivity index (χ0n) is 1.54. The van der Waals surface area contributed by atoms with Crippen LogP contribution in [0.5, 0.6) is 0 Å². The maximum absolute atomic E-state index is 0. The van der Waals surface area contributed by atoms with Gasteiger partial charge in [-0.1, -0.05) is 0 Å². The summed E-state index contributed by atoms with van der Waals surface area (Å²) in [7, 11) is 0. The number of halogens is 3. The molecule has 4 heavy (non-hydrogen) atoms. The maximum Gasteiger partial charge on any atom is 2.00 e. The largest absolute Gasteiger partial charge is 2.00 e. The number of hydrogen-bond donors (Lipinski definition) is 0. The van der Waals surface area contributed by atoms with Gasteiger partial charge in [0.1, 0.15) is 0 Å². The number of hydrogen-bond acceptors (Lipinski definition) is 0. The quantitative estimate of drug-likeness (QED) is 0.392. The summed E-state index contributed by atoms with van der Waals surface area (Å²) in [5.41, 5.74) is 0. The van der Waals surface area contributed by atoms with Crippen LogP contribution in [-0.4, -0.2) is 0 Å². The molecule has 0 aromatic rings. The second-order valence-corrected chi connectivity index (χ2v) is 0. The molecule has 0 atom stereocenters. The van der Waals surface area contributed by atoms with E-state index in [-0.39, 0.29) is 68.0 Å². The summed E-state index contributed by atoms with van der Waals surface area (Å²) in [5, 5.41) is 0. The first-order chi connectivity index (χ1) is 0. The molecule has 0 aliphatic rings. The fourth-order valence-corrected chi connectivity index (χ4v) is 0. The van der Waals surface area contributed by atoms with E-state index in [1.54, 1.807) is 0 Å². The summed E-state index contributed by atoms with van der Waals surface area (Å²) >= 11 is 0. The van der Waals surface area contributed by atoms with Gasteiger partial charge in [0.25, 0.3) is 0 Å². The second-order valence-electron chi connectivity index (χ2n) is 0. The minimum Gasteiger partial charge on any atom is -1.00 e. The van der Waals surface area contributed by atoms with Crippen molar-refractivity contribution in [3.63, 3.8) is 0 Å². The van der Waals surface area contributed by atoms with Crippen molar-refractivity contribution in [2.45, 2.75) is 0 Å². The third-order valence-electron chi connectivity index (χ3n) is 0. The molecule has 0 bridgehead atoms. The molecule has 0 amide bonds. The molecule has 0 aromatic heterocycles. The Labute approximate surface area is 67.5 Å². The Morgan fingerprint density at radius 3 is 0.750 bits per heavy atom. The molecule has 0 fully saturated rings. The molecule has 0 saturated heterocycles. The van der Waals surface area contributed by atoms with Crippen molar-refractivity contribution < 1.29 is 51.0 Å². The average Bonchev–Trinajstić information content (AvgIpc) is 0. The fourth-order valence-electron chi connectivity index (χ4n) is 0. The first-order valence-corrected chi connectivity index (χ1v) is 0. The van der Waals surface area contributed by atoms with Gasteiger partial charge >= 0.3 is 17.1 Å². The first-order valence-electron chi connectivity index (χ1n) is 0. The van der Waals surface area contributed by atoms with Crippen LogP contribution in [0.2, 0.25) is 0 Å². The van der Waals surface area contributed by atoms with Gasteiger partial charge in [-0.25, -0.2) is 0 Å². The van der Waals surface area contributed by atoms with E-state index in [0.29, 0.717) is 0 Å². The summed E-state index contributed by atoms with van der Waals surface area (Å²) in [5.74, 6) is 0. The van der Waals surface area contributed by atoms with Crippen LogP contribution in [0.15, 0.2) is 0 Å². The smallest absolute Gasteiger partial charge is 1.00 e. The third kappa shape index (κ3) is 9.03. The summed E-state index contributed by atoms with van der Waals surface area (Å²) in [6.07, 6.45) is 0. The van der Waals surface area contributed by atoms with Gasteiger partial charge < -0.3 is 34.0 Å². The molecule has 0 nitrogen and oxygen atoms in total. The number of rotatable bonds is 0. The Balaban J connectivity index is 0. The molecule has 0 heterocycles. The van der Waals surface area contributed by atoms with Crippen LogP contribution < -0.4 is 34.0 Å². The molecule has 0 aliphatic heterocycles. The van der Waals surface area contributed by atoms with Crippen molar-refractivity contribution in [3.8, 4) is 0 Å².